The van der Waals surface area contributed by atoms with Crippen LogP contribution in [0.15, 0.2) is 0 Å². The highest BCUT2D eigenvalue weighted by atomic mass is 32.2. The van der Waals surface area contributed by atoms with Gasteiger partial charge in [0.15, 0.2) is 0 Å². The van der Waals surface area contributed by atoms with Crippen LogP contribution >= 0.6 is 11.8 Å². The molecule has 0 aliphatic heterocycles. The fraction of sp³-hybridized carbons (Fsp3) is 1.00. The highest BCUT2D eigenvalue weighted by Gasteiger charge is 2.07. The molecule has 0 saturated carbocycles. The molecule has 0 rings (SSSR count). The summed E-state index contributed by atoms with van der Waals surface area (Å²) >= 11 is 1.95. The van der Waals surface area contributed by atoms with Crippen molar-refractivity contribution in [2.75, 3.05) is 32.1 Å². The maximum absolute atomic E-state index is 5.47. The van der Waals surface area contributed by atoms with Crippen LogP contribution in [0.1, 0.15) is 45.4 Å². The molecular weight excluding hydrogens is 216 g/mol. The zero-order valence-electron chi connectivity index (χ0n) is 11.4. The van der Waals surface area contributed by atoms with E-state index in [4.69, 9.17) is 5.73 Å². The Labute approximate surface area is 106 Å². The lowest BCUT2D eigenvalue weighted by Crippen LogP contribution is -2.30. The van der Waals surface area contributed by atoms with Crippen molar-refractivity contribution in [2.45, 2.75) is 51.5 Å². The van der Waals surface area contributed by atoms with E-state index in [1.54, 1.807) is 0 Å². The Kier molecular flexibility index (Phi) is 11.9. The normalized spacial score (nSPS) is 13.3. The monoisotopic (exact) mass is 246 g/mol. The Hall–Kier alpha value is 0.270. The smallest absolute Gasteiger partial charge is 0.00717 e. The molecular formula is C13H30N2S. The van der Waals surface area contributed by atoms with Crippen LogP contribution in [-0.4, -0.2) is 43.1 Å². The van der Waals surface area contributed by atoms with Crippen molar-refractivity contribution in [1.29, 1.82) is 0 Å². The van der Waals surface area contributed by atoms with Crippen LogP contribution in [0.5, 0.6) is 0 Å². The molecule has 98 valence electrons. The molecule has 2 nitrogen and oxygen atoms in total. The average molecular weight is 246 g/mol. The van der Waals surface area contributed by atoms with Crippen molar-refractivity contribution >= 4 is 11.8 Å². The summed E-state index contributed by atoms with van der Waals surface area (Å²) in [7, 11) is 2.25. The van der Waals surface area contributed by atoms with Crippen LogP contribution in [0.4, 0.5) is 0 Å². The van der Waals surface area contributed by atoms with E-state index in [-0.39, 0.29) is 0 Å². The number of thioether (sulfide) groups is 1. The zero-order valence-corrected chi connectivity index (χ0v) is 12.2. The highest BCUT2D eigenvalue weighted by Crippen LogP contribution is 2.08. The van der Waals surface area contributed by atoms with Crippen LogP contribution < -0.4 is 5.73 Å². The van der Waals surface area contributed by atoms with E-state index < -0.39 is 0 Å². The van der Waals surface area contributed by atoms with Crippen molar-refractivity contribution in [3.05, 3.63) is 0 Å². The van der Waals surface area contributed by atoms with Crippen LogP contribution in [0, 0.1) is 0 Å². The lowest BCUT2D eigenvalue weighted by Gasteiger charge is -2.24. The van der Waals surface area contributed by atoms with Crippen molar-refractivity contribution < 1.29 is 0 Å². The summed E-state index contributed by atoms with van der Waals surface area (Å²) in [6, 6.07) is 0.733. The minimum atomic E-state index is 0.733. The predicted molar refractivity (Wildman–Crippen MR) is 77.2 cm³/mol. The second-order valence-corrected chi connectivity index (χ2v) is 5.65. The van der Waals surface area contributed by atoms with Gasteiger partial charge in [0.1, 0.15) is 0 Å². The van der Waals surface area contributed by atoms with Gasteiger partial charge in [-0.25, -0.2) is 0 Å². The van der Waals surface area contributed by atoms with E-state index >= 15 is 0 Å². The molecule has 1 unspecified atom stereocenters. The summed E-state index contributed by atoms with van der Waals surface area (Å²) < 4.78 is 0. The van der Waals surface area contributed by atoms with Crippen molar-refractivity contribution in [3.8, 4) is 0 Å². The fourth-order valence-corrected chi connectivity index (χ4v) is 2.34. The summed E-state index contributed by atoms with van der Waals surface area (Å²) in [5.41, 5.74) is 5.47. The molecule has 0 fully saturated rings. The maximum Gasteiger partial charge on any atom is 0.00717 e. The summed E-state index contributed by atoms with van der Waals surface area (Å²) in [6.07, 6.45) is 10.0. The molecule has 1 atom stereocenters. The van der Waals surface area contributed by atoms with E-state index in [9.17, 15) is 0 Å². The Morgan fingerprint density at radius 3 is 2.38 bits per heavy atom. The molecule has 0 aromatic rings. The number of unbranched alkanes of at least 4 members (excludes halogenated alkanes) is 4. The lowest BCUT2D eigenvalue weighted by molar-refractivity contribution is 0.247. The Balaban J connectivity index is 3.31. The maximum atomic E-state index is 5.47. The van der Waals surface area contributed by atoms with Crippen LogP contribution in [0.3, 0.4) is 0 Å². The van der Waals surface area contributed by atoms with Gasteiger partial charge in [-0.2, -0.15) is 11.8 Å². The third-order valence-corrected chi connectivity index (χ3v) is 3.85. The van der Waals surface area contributed by atoms with Crippen molar-refractivity contribution in [1.82, 2.24) is 4.90 Å². The minimum Gasteiger partial charge on any atom is -0.330 e. The number of hydrogen-bond acceptors (Lipinski definition) is 3. The van der Waals surface area contributed by atoms with Gasteiger partial charge in [-0.3, -0.25) is 0 Å². The first kappa shape index (κ1) is 16.3. The molecule has 0 aliphatic rings. The Morgan fingerprint density at radius 2 is 1.75 bits per heavy atom. The Bertz CT molecular complexity index is 142. The average Bonchev–Trinajstić information content (AvgIpc) is 2.30. The zero-order chi connectivity index (χ0) is 12.2. The van der Waals surface area contributed by atoms with Crippen LogP contribution in [-0.2, 0) is 0 Å². The summed E-state index contributed by atoms with van der Waals surface area (Å²) in [6.45, 7) is 4.44. The lowest BCUT2D eigenvalue weighted by atomic mass is 10.1. The number of rotatable bonds is 11. The summed E-state index contributed by atoms with van der Waals surface area (Å²) in [5.74, 6) is 1.28. The highest BCUT2D eigenvalue weighted by molar-refractivity contribution is 7.98. The fourth-order valence-electron chi connectivity index (χ4n) is 1.77. The molecule has 0 saturated heterocycles. The second-order valence-electron chi connectivity index (χ2n) is 4.67. The van der Waals surface area contributed by atoms with Gasteiger partial charge in [-0.1, -0.05) is 19.3 Å². The van der Waals surface area contributed by atoms with Gasteiger partial charge in [0.05, 0.1) is 0 Å². The van der Waals surface area contributed by atoms with Gasteiger partial charge in [0, 0.05) is 6.04 Å². The van der Waals surface area contributed by atoms with E-state index in [0.717, 1.165) is 12.6 Å². The van der Waals surface area contributed by atoms with Gasteiger partial charge in [0.2, 0.25) is 0 Å². The summed E-state index contributed by atoms with van der Waals surface area (Å²) in [5, 5.41) is 0. The first-order valence-corrected chi connectivity index (χ1v) is 8.01. The third-order valence-electron chi connectivity index (χ3n) is 3.21. The van der Waals surface area contributed by atoms with Crippen LogP contribution in [0.25, 0.3) is 0 Å². The first-order valence-electron chi connectivity index (χ1n) is 6.61. The molecule has 0 amide bonds. The molecule has 0 aromatic carbocycles. The summed E-state index contributed by atoms with van der Waals surface area (Å²) in [4.78, 5) is 2.50. The molecule has 0 bridgehead atoms. The molecule has 0 heterocycles. The van der Waals surface area contributed by atoms with E-state index in [2.05, 4.69) is 25.1 Å². The van der Waals surface area contributed by atoms with Crippen molar-refractivity contribution in [2.24, 2.45) is 5.73 Å². The molecule has 0 radical (unpaired) electrons. The van der Waals surface area contributed by atoms with Gasteiger partial charge in [-0.05, 0) is 58.3 Å². The SMILES string of the molecule is CSCCC(C)N(C)CCCCCCCN. The topological polar surface area (TPSA) is 29.3 Å². The van der Waals surface area contributed by atoms with E-state index in [1.165, 1.54) is 50.8 Å². The largest absolute Gasteiger partial charge is 0.330 e. The number of nitrogens with zero attached hydrogens (tertiary/aromatic N) is 1. The number of nitrogens with two attached hydrogens (primary N) is 1. The Morgan fingerprint density at radius 1 is 1.12 bits per heavy atom. The molecule has 2 N–H and O–H groups in total. The van der Waals surface area contributed by atoms with Crippen molar-refractivity contribution in [3.63, 3.8) is 0 Å². The quantitative estimate of drug-likeness (QED) is 0.568. The molecule has 16 heavy (non-hydrogen) atoms. The predicted octanol–water partition coefficient (Wildman–Crippen LogP) is 2.97. The number of hydrogen-bond donors (Lipinski definition) is 1. The van der Waals surface area contributed by atoms with Gasteiger partial charge < -0.3 is 10.6 Å². The first-order chi connectivity index (χ1) is 7.72. The molecule has 0 aromatic heterocycles. The minimum absolute atomic E-state index is 0.733. The van der Waals surface area contributed by atoms with Crippen LogP contribution in [0.2, 0.25) is 0 Å². The third kappa shape index (κ3) is 9.49. The van der Waals surface area contributed by atoms with Gasteiger partial charge >= 0.3 is 0 Å². The van der Waals surface area contributed by atoms with E-state index in [1.807, 2.05) is 11.8 Å². The van der Waals surface area contributed by atoms with Gasteiger partial charge in [0.25, 0.3) is 0 Å². The molecule has 3 heteroatoms. The molecule has 0 spiro atoms. The van der Waals surface area contributed by atoms with E-state index in [0.29, 0.717) is 0 Å². The molecule has 0 aliphatic carbocycles. The standard InChI is InChI=1S/C13H30N2S/c1-13(9-12-16-3)15(2)11-8-6-4-5-7-10-14/h13H,4-12,14H2,1-3H3. The van der Waals surface area contributed by atoms with Gasteiger partial charge in [-0.15, -0.1) is 0 Å². The second kappa shape index (κ2) is 11.7.